The Morgan fingerprint density at radius 1 is 1.12 bits per heavy atom. The Morgan fingerprint density at radius 2 is 1.85 bits per heavy atom. The number of fused-ring (bicyclic) bond motifs is 1. The third-order valence-corrected chi connectivity index (χ3v) is 12.9. The third kappa shape index (κ3) is 8.01. The minimum Gasteiger partial charge on any atom is -0.508 e. The summed E-state index contributed by atoms with van der Waals surface area (Å²) in [4.78, 5) is 27.0. The average molecular weight is 580 g/mol. The number of carbonyl (C=O) groups is 1. The molecule has 0 radical (unpaired) electrons. The van der Waals surface area contributed by atoms with Gasteiger partial charge in [-0.25, -0.2) is 0 Å². The van der Waals surface area contributed by atoms with Gasteiger partial charge in [0.15, 0.2) is 8.32 Å². The second kappa shape index (κ2) is 13.1. The minimum atomic E-state index is -2.43. The molecule has 1 aromatic heterocycles. The number of carbonyl (C=O) groups excluding carboxylic acids is 1. The molecule has 1 heterocycles. The Bertz CT molecular complexity index is 1320. The molecule has 1 fully saturated rings. The van der Waals surface area contributed by atoms with E-state index in [-0.39, 0.29) is 35.3 Å². The molecular formula is C33H49N3O4Si. The number of hydrogen-bond donors (Lipinski definition) is 6. The van der Waals surface area contributed by atoms with Gasteiger partial charge < -0.3 is 30.6 Å². The van der Waals surface area contributed by atoms with Gasteiger partial charge in [0.25, 0.3) is 5.91 Å². The summed E-state index contributed by atoms with van der Waals surface area (Å²) in [6, 6.07) is 13.9. The summed E-state index contributed by atoms with van der Waals surface area (Å²) in [5.74, 6) is 0.778. The van der Waals surface area contributed by atoms with Gasteiger partial charge in [0, 0.05) is 35.6 Å². The van der Waals surface area contributed by atoms with Gasteiger partial charge in [0.05, 0.1) is 6.61 Å². The number of phenols is 1. The monoisotopic (exact) mass is 579 g/mol. The van der Waals surface area contributed by atoms with Crippen molar-refractivity contribution in [3.05, 3.63) is 64.8 Å². The van der Waals surface area contributed by atoms with E-state index in [2.05, 4.69) is 54.6 Å². The van der Waals surface area contributed by atoms with Gasteiger partial charge >= 0.3 is 0 Å². The highest BCUT2D eigenvalue weighted by Crippen LogP contribution is 2.44. The number of nitrogens with one attached hydrogen (secondary N) is 3. The van der Waals surface area contributed by atoms with Crippen LogP contribution in [0.4, 0.5) is 0 Å². The zero-order valence-corrected chi connectivity index (χ0v) is 26.4. The maximum atomic E-state index is 12.7. The molecule has 0 spiro atoms. The molecule has 224 valence electrons. The number of aromatic nitrogens is 1. The second-order valence-electron chi connectivity index (χ2n) is 13.4. The predicted octanol–water partition coefficient (Wildman–Crippen LogP) is 5.96. The van der Waals surface area contributed by atoms with E-state index in [1.807, 2.05) is 31.3 Å². The summed E-state index contributed by atoms with van der Waals surface area (Å²) in [7, 11) is -2.43. The Labute approximate surface area is 245 Å². The standard InChI is InChI=1S/C33H49N3O4Si/c1-22(34-20-28(18-33(2,3)41(4,5)40)25-11-13-31(38)27(16-25)21-37)14-24-10-12-29-26(15-24)17-30(36-29)32(39)35-19-23-8-6-7-9-23/h10-13,15-17,22-23,28,34,36-38,40H,6-9,14,18-21H2,1-5H3,(H,35,39)/t22-,28+/m1/s1. The lowest BCUT2D eigenvalue weighted by Gasteiger charge is -2.38. The van der Waals surface area contributed by atoms with Crippen molar-refractivity contribution in [2.24, 2.45) is 5.92 Å². The van der Waals surface area contributed by atoms with Gasteiger partial charge in [-0.05, 0) is 104 Å². The number of aliphatic hydroxyl groups is 1. The molecule has 1 aliphatic carbocycles. The highest BCUT2D eigenvalue weighted by atomic mass is 28.4. The van der Waals surface area contributed by atoms with Gasteiger partial charge in [-0.15, -0.1) is 0 Å². The van der Waals surface area contributed by atoms with Gasteiger partial charge in [-0.2, -0.15) is 0 Å². The fourth-order valence-electron chi connectivity index (χ4n) is 5.91. The topological polar surface area (TPSA) is 118 Å². The van der Waals surface area contributed by atoms with Crippen LogP contribution in [0.25, 0.3) is 10.9 Å². The van der Waals surface area contributed by atoms with Crippen molar-refractivity contribution >= 4 is 25.1 Å². The molecule has 7 nitrogen and oxygen atoms in total. The maximum absolute atomic E-state index is 12.7. The van der Waals surface area contributed by atoms with Crippen molar-refractivity contribution in [2.45, 2.75) is 96.0 Å². The summed E-state index contributed by atoms with van der Waals surface area (Å²) in [5.41, 5.74) is 4.33. The number of hydrogen-bond acceptors (Lipinski definition) is 5. The van der Waals surface area contributed by atoms with Crippen LogP contribution in [0.3, 0.4) is 0 Å². The molecule has 8 heteroatoms. The van der Waals surface area contributed by atoms with Crippen LogP contribution in [0.5, 0.6) is 5.75 Å². The van der Waals surface area contributed by atoms with Gasteiger partial charge in [0.2, 0.25) is 0 Å². The first-order chi connectivity index (χ1) is 19.4. The van der Waals surface area contributed by atoms with Crippen LogP contribution < -0.4 is 10.6 Å². The van der Waals surface area contributed by atoms with Crippen LogP contribution in [-0.4, -0.2) is 53.3 Å². The summed E-state index contributed by atoms with van der Waals surface area (Å²) < 4.78 is 0. The van der Waals surface area contributed by atoms with Crippen LogP contribution in [0.15, 0.2) is 42.5 Å². The molecule has 1 saturated carbocycles. The molecule has 2 atom stereocenters. The molecule has 0 unspecified atom stereocenters. The SMILES string of the molecule is C[C@H](Cc1ccc2[nH]c(C(=O)NCC3CCCC3)cc2c1)NC[C@H](CC(C)(C)[Si](C)(C)O)c1ccc(O)c(CO)c1. The normalized spacial score (nSPS) is 16.3. The van der Waals surface area contributed by atoms with E-state index in [1.54, 1.807) is 6.07 Å². The van der Waals surface area contributed by atoms with E-state index in [9.17, 15) is 19.8 Å². The van der Waals surface area contributed by atoms with E-state index in [0.29, 0.717) is 23.7 Å². The lowest BCUT2D eigenvalue weighted by molar-refractivity contribution is 0.0943. The number of aromatic hydroxyl groups is 1. The van der Waals surface area contributed by atoms with Crippen molar-refractivity contribution in [3.8, 4) is 5.75 Å². The Kier molecular flexibility index (Phi) is 10.0. The first-order valence-corrected chi connectivity index (χ1v) is 18.1. The molecule has 4 rings (SSSR count). The zero-order valence-electron chi connectivity index (χ0n) is 25.4. The Morgan fingerprint density at radius 3 is 2.54 bits per heavy atom. The van der Waals surface area contributed by atoms with E-state index >= 15 is 0 Å². The number of aliphatic hydroxyl groups excluding tert-OH is 1. The zero-order chi connectivity index (χ0) is 29.8. The summed E-state index contributed by atoms with van der Waals surface area (Å²) in [6.07, 6.45) is 6.58. The number of H-pyrrole nitrogens is 1. The van der Waals surface area contributed by atoms with E-state index in [4.69, 9.17) is 0 Å². The number of aromatic amines is 1. The first kappa shape index (κ1) is 31.3. The molecule has 1 aliphatic rings. The summed E-state index contributed by atoms with van der Waals surface area (Å²) in [6.45, 7) is 11.7. The van der Waals surface area contributed by atoms with Crippen molar-refractivity contribution in [1.82, 2.24) is 15.6 Å². The van der Waals surface area contributed by atoms with Crippen LogP contribution in [0.1, 0.15) is 86.0 Å². The van der Waals surface area contributed by atoms with Gasteiger partial charge in [-0.3, -0.25) is 4.79 Å². The maximum Gasteiger partial charge on any atom is 0.267 e. The molecule has 6 N–H and O–H groups in total. The van der Waals surface area contributed by atoms with E-state index < -0.39 is 8.32 Å². The fraction of sp³-hybridized carbons (Fsp3) is 0.545. The van der Waals surface area contributed by atoms with Crippen LogP contribution in [0.2, 0.25) is 18.1 Å². The van der Waals surface area contributed by atoms with Crippen molar-refractivity contribution in [3.63, 3.8) is 0 Å². The van der Waals surface area contributed by atoms with Gasteiger partial charge in [0.1, 0.15) is 11.4 Å². The van der Waals surface area contributed by atoms with Gasteiger partial charge in [-0.1, -0.05) is 38.8 Å². The van der Waals surface area contributed by atoms with E-state index in [0.717, 1.165) is 35.9 Å². The Hall–Kier alpha value is -2.65. The fourth-order valence-corrected chi connectivity index (χ4v) is 6.65. The molecule has 0 saturated heterocycles. The van der Waals surface area contributed by atoms with Crippen LogP contribution in [-0.2, 0) is 13.0 Å². The highest BCUT2D eigenvalue weighted by Gasteiger charge is 2.40. The lowest BCUT2D eigenvalue weighted by atomic mass is 9.88. The second-order valence-corrected chi connectivity index (χ2v) is 17.8. The largest absolute Gasteiger partial charge is 0.508 e. The minimum absolute atomic E-state index is 0.0358. The molecule has 3 aromatic rings. The highest BCUT2D eigenvalue weighted by molar-refractivity contribution is 6.72. The lowest BCUT2D eigenvalue weighted by Crippen LogP contribution is -2.41. The molecular weight excluding hydrogens is 530 g/mol. The molecule has 0 bridgehead atoms. The molecule has 0 aliphatic heterocycles. The molecule has 1 amide bonds. The van der Waals surface area contributed by atoms with Crippen molar-refractivity contribution in [1.29, 1.82) is 0 Å². The third-order valence-electron chi connectivity index (χ3n) is 9.37. The quantitative estimate of drug-likeness (QED) is 0.140. The van der Waals surface area contributed by atoms with Crippen LogP contribution in [0, 0.1) is 5.92 Å². The Balaban J connectivity index is 1.41. The predicted molar refractivity (Wildman–Crippen MR) is 169 cm³/mol. The molecule has 2 aromatic carbocycles. The van der Waals surface area contributed by atoms with E-state index in [1.165, 1.54) is 31.2 Å². The van der Waals surface area contributed by atoms with Crippen LogP contribution >= 0.6 is 0 Å². The summed E-state index contributed by atoms with van der Waals surface area (Å²) in [5, 5.41) is 27.4. The number of amides is 1. The molecule has 41 heavy (non-hydrogen) atoms. The average Bonchev–Trinajstić information content (AvgIpc) is 3.59. The van der Waals surface area contributed by atoms with Crippen molar-refractivity contribution < 1.29 is 19.8 Å². The number of benzene rings is 2. The van der Waals surface area contributed by atoms with Crippen molar-refractivity contribution in [2.75, 3.05) is 13.1 Å². The smallest absolute Gasteiger partial charge is 0.267 e. The summed E-state index contributed by atoms with van der Waals surface area (Å²) >= 11 is 0. The number of rotatable bonds is 13. The first-order valence-electron chi connectivity index (χ1n) is 15.1.